The van der Waals surface area contributed by atoms with Crippen LogP contribution in [0.1, 0.15) is 0 Å². The van der Waals surface area contributed by atoms with Crippen LogP contribution in [0.3, 0.4) is 0 Å². The van der Waals surface area contributed by atoms with Crippen molar-refractivity contribution < 1.29 is 49.8 Å². The minimum Gasteiger partial charge on any atom is -0.505 e. The van der Waals surface area contributed by atoms with Gasteiger partial charge in [-0.3, -0.25) is 20.4 Å². The van der Waals surface area contributed by atoms with E-state index in [1.165, 1.54) is 0 Å². The van der Waals surface area contributed by atoms with Crippen LogP contribution >= 0.6 is 0 Å². The largest absolute Gasteiger partial charge is 0.505 e. The van der Waals surface area contributed by atoms with Gasteiger partial charge in [0.05, 0.1) is 11.1 Å². The first-order valence-electron chi connectivity index (χ1n) is 6.41. The first-order valence-corrected chi connectivity index (χ1v) is 6.41. The molecule has 2 rings (SSSR count). The molecule has 0 aromatic rings. The Morgan fingerprint density at radius 2 is 0.885 bits per heavy atom. The predicted molar refractivity (Wildman–Crippen MR) is 79.4 cm³/mol. The highest BCUT2D eigenvalue weighted by atomic mass is 16.4. The third-order valence-corrected chi connectivity index (χ3v) is 3.48. The summed E-state index contributed by atoms with van der Waals surface area (Å²) in [5.41, 5.74) is -7.64. The molecule has 0 aromatic carbocycles. The topological polar surface area (TPSA) is 237 Å². The fourth-order valence-electron chi connectivity index (χ4n) is 2.28. The van der Waals surface area contributed by atoms with E-state index in [1.54, 1.807) is 0 Å². The van der Waals surface area contributed by atoms with E-state index < -0.39 is 80.3 Å². The predicted octanol–water partition coefficient (Wildman–Crippen LogP) is -0.391. The van der Waals surface area contributed by atoms with Crippen molar-refractivity contribution in [1.82, 2.24) is 0 Å². The van der Waals surface area contributed by atoms with Crippen molar-refractivity contribution >= 4 is 34.9 Å². The molecule has 26 heavy (non-hydrogen) atoms. The Hall–Kier alpha value is -4.22. The molecule has 0 unspecified atom stereocenters. The van der Waals surface area contributed by atoms with E-state index >= 15 is 0 Å². The number of aliphatic carboxylic acids is 2. The molecule has 0 radical (unpaired) electrons. The molecule has 0 saturated heterocycles. The van der Waals surface area contributed by atoms with Gasteiger partial charge in [-0.15, -0.1) is 0 Å². The summed E-state index contributed by atoms with van der Waals surface area (Å²) in [6.07, 6.45) is 0. The van der Waals surface area contributed by atoms with Gasteiger partial charge < -0.3 is 30.6 Å². The summed E-state index contributed by atoms with van der Waals surface area (Å²) in [5, 5.41) is 71.9. The molecule has 0 aromatic heterocycles. The number of aliphatic hydroxyl groups excluding tert-OH is 4. The number of hydrogen-bond acceptors (Lipinski definition) is 10. The molecular weight excluding hydrogens is 356 g/mol. The molecule has 0 atom stereocenters. The maximum atomic E-state index is 12.1. The average Bonchev–Trinajstić information content (AvgIpc) is 2.54. The first-order chi connectivity index (χ1) is 11.9. The molecule has 0 aliphatic heterocycles. The van der Waals surface area contributed by atoms with Crippen LogP contribution < -0.4 is 0 Å². The van der Waals surface area contributed by atoms with E-state index in [4.69, 9.17) is 21.0 Å². The van der Waals surface area contributed by atoms with E-state index in [2.05, 4.69) is 0 Å². The molecule has 0 bridgehead atoms. The Balaban J connectivity index is 2.77. The number of aliphatic hydroxyl groups is 4. The number of carboxylic acid groups (broad SMARTS) is 2. The van der Waals surface area contributed by atoms with Crippen molar-refractivity contribution in [3.63, 3.8) is 0 Å². The summed E-state index contributed by atoms with van der Waals surface area (Å²) in [6.45, 7) is 0. The van der Waals surface area contributed by atoms with Gasteiger partial charge in [0.2, 0.25) is 11.6 Å². The molecule has 0 amide bonds. The van der Waals surface area contributed by atoms with Crippen LogP contribution in [-0.2, 0) is 19.2 Å². The second kappa shape index (κ2) is 5.70. The van der Waals surface area contributed by atoms with Gasteiger partial charge in [0.15, 0.2) is 23.0 Å². The standard InChI is InChI=1S/C14H8N2O10/c15-5-3(13(23)24)11(21)9(19)1(7(5)17)2-8(18)6(16)4(14(25)26)12(22)10(2)20/h15-18,21-22H,(H,23,24)(H,25,26). The Morgan fingerprint density at radius 3 is 1.12 bits per heavy atom. The number of rotatable bonds is 3. The minimum absolute atomic E-state index is 1.26. The SMILES string of the molecule is N=C1C(O)=C(C2=C(O)C(=N)C(C(=O)O)=C(O)C2=O)C(=O)C(O)=C1C(=O)O. The Morgan fingerprint density at radius 1 is 0.615 bits per heavy atom. The minimum atomic E-state index is -1.94. The van der Waals surface area contributed by atoms with Crippen LogP contribution in [0.2, 0.25) is 0 Å². The lowest BCUT2D eigenvalue weighted by Crippen LogP contribution is -2.34. The number of nitrogens with one attached hydrogen (secondary N) is 2. The number of Topliss-reactive ketones (excluding diaryl/α,β-unsaturated/α-hetero) is 2. The lowest BCUT2D eigenvalue weighted by atomic mass is 9.82. The number of hydrogen-bond donors (Lipinski definition) is 8. The highest BCUT2D eigenvalue weighted by Gasteiger charge is 2.45. The number of ketones is 2. The molecule has 2 aliphatic rings. The van der Waals surface area contributed by atoms with E-state index in [9.17, 15) is 39.6 Å². The molecule has 0 fully saturated rings. The maximum absolute atomic E-state index is 12.1. The fourth-order valence-corrected chi connectivity index (χ4v) is 2.28. The zero-order valence-corrected chi connectivity index (χ0v) is 12.3. The van der Waals surface area contributed by atoms with Gasteiger partial charge >= 0.3 is 11.9 Å². The zero-order chi connectivity index (χ0) is 20.1. The van der Waals surface area contributed by atoms with Gasteiger partial charge in [-0.1, -0.05) is 0 Å². The van der Waals surface area contributed by atoms with Crippen molar-refractivity contribution in [2.75, 3.05) is 0 Å². The summed E-state index contributed by atoms with van der Waals surface area (Å²) >= 11 is 0. The number of carbonyl (C=O) groups is 4. The van der Waals surface area contributed by atoms with Gasteiger partial charge in [0.1, 0.15) is 22.6 Å². The third-order valence-electron chi connectivity index (χ3n) is 3.48. The quantitative estimate of drug-likeness (QED) is 0.301. The highest BCUT2D eigenvalue weighted by Crippen LogP contribution is 2.33. The second-order valence-corrected chi connectivity index (χ2v) is 4.91. The van der Waals surface area contributed by atoms with Gasteiger partial charge in [-0.05, 0) is 0 Å². The Labute approximate surface area is 141 Å². The van der Waals surface area contributed by atoms with Gasteiger partial charge in [0, 0.05) is 0 Å². The normalized spacial score (nSPS) is 18.9. The van der Waals surface area contributed by atoms with Crippen LogP contribution in [0.4, 0.5) is 0 Å². The lowest BCUT2D eigenvalue weighted by molar-refractivity contribution is -0.133. The Kier molecular flexibility index (Phi) is 3.97. The summed E-state index contributed by atoms with van der Waals surface area (Å²) in [5.74, 6) is -13.2. The van der Waals surface area contributed by atoms with Crippen LogP contribution in [0.25, 0.3) is 0 Å². The van der Waals surface area contributed by atoms with Crippen LogP contribution in [0, 0.1) is 10.8 Å². The Bertz CT molecular complexity index is 909. The van der Waals surface area contributed by atoms with Crippen molar-refractivity contribution in [1.29, 1.82) is 10.8 Å². The van der Waals surface area contributed by atoms with Gasteiger partial charge in [-0.25, -0.2) is 9.59 Å². The summed E-state index contributed by atoms with van der Waals surface area (Å²) in [6, 6.07) is 0. The molecule has 12 heteroatoms. The van der Waals surface area contributed by atoms with E-state index in [1.807, 2.05) is 0 Å². The summed E-state index contributed by atoms with van der Waals surface area (Å²) in [4.78, 5) is 46.3. The average molecular weight is 364 g/mol. The monoisotopic (exact) mass is 364 g/mol. The first kappa shape index (κ1) is 18.1. The lowest BCUT2D eigenvalue weighted by Gasteiger charge is -2.22. The summed E-state index contributed by atoms with van der Waals surface area (Å²) < 4.78 is 0. The smallest absolute Gasteiger partial charge is 0.341 e. The molecule has 12 nitrogen and oxygen atoms in total. The van der Waals surface area contributed by atoms with E-state index in [0.717, 1.165) is 0 Å². The van der Waals surface area contributed by atoms with Crippen molar-refractivity contribution in [3.8, 4) is 0 Å². The second-order valence-electron chi connectivity index (χ2n) is 4.91. The molecular formula is C14H8N2O10. The molecule has 134 valence electrons. The van der Waals surface area contributed by atoms with Crippen LogP contribution in [0.15, 0.2) is 45.3 Å². The van der Waals surface area contributed by atoms with E-state index in [0.29, 0.717) is 0 Å². The summed E-state index contributed by atoms with van der Waals surface area (Å²) in [7, 11) is 0. The molecule has 0 heterocycles. The number of allylic oxidation sites excluding steroid dienone is 4. The molecule has 8 N–H and O–H groups in total. The number of carboxylic acids is 2. The maximum Gasteiger partial charge on any atom is 0.341 e. The number of carbonyl (C=O) groups excluding carboxylic acids is 2. The van der Waals surface area contributed by atoms with E-state index in [-0.39, 0.29) is 0 Å². The van der Waals surface area contributed by atoms with Crippen molar-refractivity contribution in [3.05, 3.63) is 45.3 Å². The zero-order valence-electron chi connectivity index (χ0n) is 12.3. The molecule has 0 saturated carbocycles. The molecule has 2 aliphatic carbocycles. The third kappa shape index (κ3) is 2.24. The van der Waals surface area contributed by atoms with Crippen molar-refractivity contribution in [2.24, 2.45) is 0 Å². The highest BCUT2D eigenvalue weighted by molar-refractivity contribution is 6.40. The molecule has 0 spiro atoms. The van der Waals surface area contributed by atoms with Crippen LogP contribution in [-0.4, -0.2) is 65.6 Å². The van der Waals surface area contributed by atoms with Crippen molar-refractivity contribution in [2.45, 2.75) is 0 Å². The fraction of sp³-hybridized carbons (Fsp3) is 0. The van der Waals surface area contributed by atoms with Gasteiger partial charge in [-0.2, -0.15) is 0 Å². The van der Waals surface area contributed by atoms with Crippen LogP contribution in [0.5, 0.6) is 0 Å². The van der Waals surface area contributed by atoms with Gasteiger partial charge in [0.25, 0.3) is 0 Å².